The maximum atomic E-state index is 2.66. The second-order valence-corrected chi connectivity index (χ2v) is 13.7. The van der Waals surface area contributed by atoms with Gasteiger partial charge >= 0.3 is 6.85 Å². The van der Waals surface area contributed by atoms with E-state index < -0.39 is 0 Å². The molecule has 0 unspecified atom stereocenters. The zero-order valence-corrected chi connectivity index (χ0v) is 27.3. The van der Waals surface area contributed by atoms with Crippen molar-refractivity contribution >= 4 is 39.6 Å². The highest BCUT2D eigenvalue weighted by Crippen LogP contribution is 2.48. The van der Waals surface area contributed by atoms with Crippen LogP contribution in [0, 0.1) is 0 Å². The summed E-state index contributed by atoms with van der Waals surface area (Å²) >= 11 is 0. The molecule has 1 aromatic heterocycles. The average molecular weight is 632 g/mol. The summed E-state index contributed by atoms with van der Waals surface area (Å²) in [4.78, 5) is 0. The highest BCUT2D eigenvalue weighted by Gasteiger charge is 2.39. The van der Waals surface area contributed by atoms with Crippen LogP contribution in [0.5, 0.6) is 0 Å². The Morgan fingerprint density at radius 1 is 0.280 bits per heavy atom. The molecule has 2 aliphatic rings. The minimum atomic E-state index is 0.127. The summed E-state index contributed by atoms with van der Waals surface area (Å²) in [5, 5.41) is 2.62. The SMILES string of the molecule is c1ccc(-c2cccc(-c3cc4c5c(c3)c3cc(-c6cccc(-c7ccccc7)c6)cc6c3n5B(c3ccccc3-4)c3ccccc3-6)c2)cc1. The lowest BCUT2D eigenvalue weighted by atomic mass is 9.45. The fraction of sp³-hybridized carbons (Fsp3) is 0. The fourth-order valence-electron chi connectivity index (χ4n) is 8.74. The van der Waals surface area contributed by atoms with Crippen molar-refractivity contribution in [1.29, 1.82) is 0 Å². The van der Waals surface area contributed by atoms with E-state index in [0.717, 1.165) is 0 Å². The van der Waals surface area contributed by atoms with Gasteiger partial charge < -0.3 is 4.48 Å². The number of aromatic nitrogens is 1. The number of benzene rings is 8. The van der Waals surface area contributed by atoms with E-state index in [1.165, 1.54) is 99.5 Å². The molecule has 11 rings (SSSR count). The summed E-state index contributed by atoms with van der Waals surface area (Å²) in [6.45, 7) is 0.127. The van der Waals surface area contributed by atoms with Crippen LogP contribution in [0.1, 0.15) is 0 Å². The zero-order chi connectivity index (χ0) is 32.8. The zero-order valence-electron chi connectivity index (χ0n) is 27.3. The highest BCUT2D eigenvalue weighted by molar-refractivity contribution is 6.88. The topological polar surface area (TPSA) is 4.93 Å². The smallest absolute Gasteiger partial charge is 0.329 e. The Morgan fingerprint density at radius 3 is 1.12 bits per heavy atom. The molecule has 2 heteroatoms. The van der Waals surface area contributed by atoms with Crippen molar-refractivity contribution in [2.45, 2.75) is 0 Å². The summed E-state index contributed by atoms with van der Waals surface area (Å²) < 4.78 is 2.66. The van der Waals surface area contributed by atoms with Gasteiger partial charge in [0.05, 0.1) is 0 Å². The van der Waals surface area contributed by atoms with Crippen LogP contribution in [0.2, 0.25) is 0 Å². The van der Waals surface area contributed by atoms with Gasteiger partial charge in [-0.3, -0.25) is 0 Å². The van der Waals surface area contributed by atoms with Crippen molar-refractivity contribution in [2.24, 2.45) is 0 Å². The number of rotatable bonds is 4. The Balaban J connectivity index is 1.23. The molecule has 1 nitrogen and oxygen atoms in total. The summed E-state index contributed by atoms with van der Waals surface area (Å²) in [5.74, 6) is 0. The van der Waals surface area contributed by atoms with Crippen LogP contribution in [-0.2, 0) is 0 Å². The summed E-state index contributed by atoms with van der Waals surface area (Å²) in [6, 6.07) is 67.4. The first kappa shape index (κ1) is 27.6. The van der Waals surface area contributed by atoms with E-state index in [0.29, 0.717) is 0 Å². The molecular weight excluding hydrogens is 601 g/mol. The van der Waals surface area contributed by atoms with Crippen molar-refractivity contribution in [3.8, 4) is 66.8 Å². The Kier molecular flexibility index (Phi) is 5.82. The van der Waals surface area contributed by atoms with Gasteiger partial charge in [-0.2, -0.15) is 0 Å². The van der Waals surface area contributed by atoms with Crippen molar-refractivity contribution in [3.63, 3.8) is 0 Å². The minimum absolute atomic E-state index is 0.127. The van der Waals surface area contributed by atoms with Gasteiger partial charge in [0.25, 0.3) is 0 Å². The molecule has 2 aliphatic heterocycles. The number of hydrogen-bond donors (Lipinski definition) is 0. The molecule has 0 saturated heterocycles. The fourth-order valence-corrected chi connectivity index (χ4v) is 8.74. The molecule has 50 heavy (non-hydrogen) atoms. The lowest BCUT2D eigenvalue weighted by Gasteiger charge is -2.32. The lowest BCUT2D eigenvalue weighted by Crippen LogP contribution is -2.53. The second-order valence-electron chi connectivity index (χ2n) is 13.7. The van der Waals surface area contributed by atoms with Gasteiger partial charge in [0.2, 0.25) is 0 Å². The maximum absolute atomic E-state index is 2.66. The Bertz CT molecular complexity index is 2620. The van der Waals surface area contributed by atoms with E-state index in [2.05, 4.69) is 186 Å². The van der Waals surface area contributed by atoms with Crippen molar-refractivity contribution < 1.29 is 0 Å². The maximum Gasteiger partial charge on any atom is 0.329 e. The molecule has 0 atom stereocenters. The van der Waals surface area contributed by atoms with Crippen molar-refractivity contribution in [1.82, 2.24) is 4.48 Å². The number of hydrogen-bond acceptors (Lipinski definition) is 0. The van der Waals surface area contributed by atoms with E-state index in [-0.39, 0.29) is 6.85 Å². The molecule has 230 valence electrons. The third-order valence-electron chi connectivity index (χ3n) is 10.9. The third-order valence-corrected chi connectivity index (χ3v) is 10.9. The van der Waals surface area contributed by atoms with E-state index in [1.807, 2.05) is 0 Å². The molecular formula is C48H30BN. The number of nitrogens with zero attached hydrogens (tertiary/aromatic N) is 1. The van der Waals surface area contributed by atoms with Gasteiger partial charge in [0.1, 0.15) is 0 Å². The first-order chi connectivity index (χ1) is 24.8. The average Bonchev–Trinajstić information content (AvgIpc) is 3.53. The van der Waals surface area contributed by atoms with Gasteiger partial charge in [0.15, 0.2) is 0 Å². The molecule has 0 radical (unpaired) electrons. The second kappa shape index (κ2) is 10.6. The molecule has 0 fully saturated rings. The van der Waals surface area contributed by atoms with Gasteiger partial charge in [-0.25, -0.2) is 0 Å². The molecule has 0 saturated carbocycles. The molecule has 3 heterocycles. The molecule has 0 N–H and O–H groups in total. The van der Waals surface area contributed by atoms with Crippen LogP contribution in [0.15, 0.2) is 182 Å². The minimum Gasteiger partial charge on any atom is -0.375 e. The van der Waals surface area contributed by atoms with E-state index in [4.69, 9.17) is 0 Å². The van der Waals surface area contributed by atoms with Gasteiger partial charge in [0, 0.05) is 32.9 Å². The lowest BCUT2D eigenvalue weighted by molar-refractivity contribution is 1.31. The monoisotopic (exact) mass is 631 g/mol. The van der Waals surface area contributed by atoms with Crippen molar-refractivity contribution in [3.05, 3.63) is 182 Å². The third kappa shape index (κ3) is 3.97. The molecule has 0 spiro atoms. The van der Waals surface area contributed by atoms with Gasteiger partial charge in [-0.05, 0) is 103 Å². The summed E-state index contributed by atoms with van der Waals surface area (Å²) in [7, 11) is 0. The van der Waals surface area contributed by atoms with Crippen LogP contribution in [0.25, 0.3) is 88.6 Å². The first-order valence-electron chi connectivity index (χ1n) is 17.5. The Hall–Kier alpha value is -6.38. The first-order valence-corrected chi connectivity index (χ1v) is 17.5. The van der Waals surface area contributed by atoms with E-state index in [9.17, 15) is 0 Å². The van der Waals surface area contributed by atoms with Crippen LogP contribution in [0.3, 0.4) is 0 Å². The molecule has 0 aliphatic carbocycles. The predicted molar refractivity (Wildman–Crippen MR) is 212 cm³/mol. The predicted octanol–water partition coefficient (Wildman–Crippen LogP) is 11.1. The van der Waals surface area contributed by atoms with Crippen LogP contribution >= 0.6 is 0 Å². The van der Waals surface area contributed by atoms with Crippen molar-refractivity contribution in [2.75, 3.05) is 0 Å². The normalized spacial score (nSPS) is 12.4. The van der Waals surface area contributed by atoms with Crippen LogP contribution in [0.4, 0.5) is 0 Å². The Morgan fingerprint density at radius 2 is 0.660 bits per heavy atom. The largest absolute Gasteiger partial charge is 0.375 e. The van der Waals surface area contributed by atoms with Crippen LogP contribution in [-0.4, -0.2) is 11.3 Å². The Labute approximate surface area is 291 Å². The molecule has 9 aromatic rings. The van der Waals surface area contributed by atoms with Crippen LogP contribution < -0.4 is 10.9 Å². The van der Waals surface area contributed by atoms with E-state index in [1.54, 1.807) is 0 Å². The standard InChI is InChI=1S/C48H30BN/c1-3-13-31(14-4-1)33-17-11-19-35(25-33)37-27-41-39-21-7-9-23-45(39)49-46-24-10-8-22-40(46)42-28-38(30-44-43(29-37)47(41)50(49)48(42)44)36-20-12-18-34(26-36)32-15-5-2-6-16-32/h1-30H. The summed E-state index contributed by atoms with van der Waals surface area (Å²) in [6.07, 6.45) is 0. The highest BCUT2D eigenvalue weighted by atomic mass is 14.9. The quantitative estimate of drug-likeness (QED) is 0.170. The number of fused-ring (bicyclic) bond motifs is 7. The summed E-state index contributed by atoms with van der Waals surface area (Å²) in [5.41, 5.74) is 20.5. The van der Waals surface area contributed by atoms with Gasteiger partial charge in [-0.1, -0.05) is 146 Å². The molecule has 8 aromatic carbocycles. The van der Waals surface area contributed by atoms with Gasteiger partial charge in [-0.15, -0.1) is 0 Å². The van der Waals surface area contributed by atoms with E-state index >= 15 is 0 Å². The molecule has 0 amide bonds. The molecule has 0 bridgehead atoms.